The number of rotatable bonds is 2. The van der Waals surface area contributed by atoms with Gasteiger partial charge in [0.2, 0.25) is 0 Å². The third-order valence-electron chi connectivity index (χ3n) is 3.17. The number of nitrogens with one attached hydrogen (secondary N) is 3. The van der Waals surface area contributed by atoms with Crippen LogP contribution in [-0.4, -0.2) is 21.8 Å². The third-order valence-corrected chi connectivity index (χ3v) is 3.17. The van der Waals surface area contributed by atoms with Crippen molar-refractivity contribution >= 4 is 34.2 Å². The van der Waals surface area contributed by atoms with Crippen LogP contribution in [0.5, 0.6) is 0 Å². The summed E-state index contributed by atoms with van der Waals surface area (Å²) in [6, 6.07) is 6.14. The molecule has 0 aliphatic carbocycles. The number of halogens is 3. The molecule has 0 saturated heterocycles. The average molecular weight is 334 g/mol. The lowest BCUT2D eigenvalue weighted by molar-refractivity contribution is -0.133. The van der Waals surface area contributed by atoms with Crippen LogP contribution in [0.15, 0.2) is 36.7 Å². The lowest BCUT2D eigenvalue weighted by Gasteiger charge is -2.08. The van der Waals surface area contributed by atoms with E-state index in [9.17, 15) is 22.8 Å². The van der Waals surface area contributed by atoms with Crippen LogP contribution in [0, 0.1) is 17.5 Å². The molecule has 1 aromatic heterocycles. The Bertz CT molecular complexity index is 955. The van der Waals surface area contributed by atoms with Gasteiger partial charge in [0.25, 0.3) is 0 Å². The molecule has 0 bridgehead atoms. The van der Waals surface area contributed by atoms with E-state index in [1.54, 1.807) is 12.1 Å². The summed E-state index contributed by atoms with van der Waals surface area (Å²) in [6.45, 7) is 0. The van der Waals surface area contributed by atoms with Crippen molar-refractivity contribution in [2.75, 3.05) is 10.6 Å². The molecule has 0 saturated carbocycles. The Labute approximate surface area is 132 Å². The van der Waals surface area contributed by atoms with Gasteiger partial charge in [-0.15, -0.1) is 0 Å². The van der Waals surface area contributed by atoms with Crippen molar-refractivity contribution in [3.63, 3.8) is 0 Å². The number of carbonyl (C=O) groups excluding carboxylic acids is 2. The van der Waals surface area contributed by atoms with Crippen LogP contribution < -0.4 is 10.6 Å². The topological polar surface area (TPSA) is 86.9 Å². The molecule has 0 radical (unpaired) electrons. The molecular formula is C15H9F3N4O2. The second kappa shape index (κ2) is 6.03. The zero-order valence-electron chi connectivity index (χ0n) is 11.9. The molecule has 0 aliphatic heterocycles. The minimum Gasteiger partial charge on any atom is -0.345 e. The molecule has 3 rings (SSSR count). The first-order chi connectivity index (χ1) is 11.5. The molecule has 6 nitrogen and oxygen atoms in total. The quantitative estimate of drug-likeness (QED) is 0.497. The number of aromatic amines is 1. The zero-order valence-corrected chi connectivity index (χ0v) is 11.9. The Hall–Kier alpha value is -3.36. The first kappa shape index (κ1) is 15.5. The zero-order chi connectivity index (χ0) is 17.3. The second-order valence-corrected chi connectivity index (χ2v) is 4.77. The monoisotopic (exact) mass is 334 g/mol. The SMILES string of the molecule is O=C(Nc1ccc2nc[nH]c2c1)C(=O)Nc1ccc(F)c(F)c1F. The highest BCUT2D eigenvalue weighted by Crippen LogP contribution is 2.20. The maximum atomic E-state index is 13.5. The van der Waals surface area contributed by atoms with Crippen LogP contribution in [0.2, 0.25) is 0 Å². The number of nitrogens with zero attached hydrogens (tertiary/aromatic N) is 1. The van der Waals surface area contributed by atoms with E-state index in [0.717, 1.165) is 6.07 Å². The molecule has 2 amide bonds. The van der Waals surface area contributed by atoms with Crippen molar-refractivity contribution in [3.05, 3.63) is 54.1 Å². The number of hydrogen-bond donors (Lipinski definition) is 3. The summed E-state index contributed by atoms with van der Waals surface area (Å²) in [6.07, 6.45) is 1.47. The first-order valence-electron chi connectivity index (χ1n) is 6.64. The maximum absolute atomic E-state index is 13.5. The highest BCUT2D eigenvalue weighted by molar-refractivity contribution is 6.43. The first-order valence-corrected chi connectivity index (χ1v) is 6.64. The molecule has 24 heavy (non-hydrogen) atoms. The number of amides is 2. The van der Waals surface area contributed by atoms with Crippen LogP contribution >= 0.6 is 0 Å². The molecule has 0 spiro atoms. The smallest absolute Gasteiger partial charge is 0.314 e. The highest BCUT2D eigenvalue weighted by Gasteiger charge is 2.19. The molecular weight excluding hydrogens is 325 g/mol. The molecule has 0 aliphatic rings. The fraction of sp³-hybridized carbons (Fsp3) is 0. The molecule has 122 valence electrons. The Morgan fingerprint density at radius 2 is 1.71 bits per heavy atom. The molecule has 3 N–H and O–H groups in total. The summed E-state index contributed by atoms with van der Waals surface area (Å²) in [7, 11) is 0. The summed E-state index contributed by atoms with van der Waals surface area (Å²) in [5.41, 5.74) is 0.969. The van der Waals surface area contributed by atoms with E-state index in [0.29, 0.717) is 22.8 Å². The Morgan fingerprint density at radius 1 is 0.958 bits per heavy atom. The summed E-state index contributed by atoms with van der Waals surface area (Å²) < 4.78 is 39.4. The Kier molecular flexibility index (Phi) is 3.90. The van der Waals surface area contributed by atoms with E-state index in [2.05, 4.69) is 15.3 Å². The number of carbonyl (C=O) groups is 2. The molecule has 2 aromatic carbocycles. The Balaban J connectivity index is 1.73. The third kappa shape index (κ3) is 2.91. The van der Waals surface area contributed by atoms with Gasteiger partial charge < -0.3 is 15.6 Å². The van der Waals surface area contributed by atoms with E-state index < -0.39 is 35.0 Å². The number of benzene rings is 2. The number of anilines is 2. The fourth-order valence-corrected chi connectivity index (χ4v) is 2.00. The van der Waals surface area contributed by atoms with Crippen molar-refractivity contribution in [2.24, 2.45) is 0 Å². The lowest BCUT2D eigenvalue weighted by Crippen LogP contribution is -2.29. The van der Waals surface area contributed by atoms with Crippen molar-refractivity contribution in [3.8, 4) is 0 Å². The van der Waals surface area contributed by atoms with E-state index in [-0.39, 0.29) is 0 Å². The predicted octanol–water partition coefficient (Wildman–Crippen LogP) is 2.56. The highest BCUT2D eigenvalue weighted by atomic mass is 19.2. The van der Waals surface area contributed by atoms with E-state index in [1.807, 2.05) is 5.32 Å². The van der Waals surface area contributed by atoms with Crippen molar-refractivity contribution < 1.29 is 22.8 Å². The summed E-state index contributed by atoms with van der Waals surface area (Å²) in [5, 5.41) is 4.18. The van der Waals surface area contributed by atoms with Crippen LogP contribution in [0.25, 0.3) is 11.0 Å². The average Bonchev–Trinajstić information content (AvgIpc) is 3.03. The molecule has 0 atom stereocenters. The lowest BCUT2D eigenvalue weighted by atomic mass is 10.2. The standard InChI is InChI=1S/C15H9F3N4O2/c16-8-2-4-10(13(18)12(8)17)22-15(24)14(23)21-7-1-3-9-11(5-7)20-6-19-9/h1-6H,(H,19,20)(H,21,23)(H,22,24). The van der Waals surface area contributed by atoms with Gasteiger partial charge in [-0.25, -0.2) is 18.2 Å². The second-order valence-electron chi connectivity index (χ2n) is 4.77. The minimum absolute atomic E-state index is 0.303. The maximum Gasteiger partial charge on any atom is 0.314 e. The molecule has 0 unspecified atom stereocenters. The number of imidazole rings is 1. The van der Waals surface area contributed by atoms with Gasteiger partial charge >= 0.3 is 11.8 Å². The molecule has 0 fully saturated rings. The van der Waals surface area contributed by atoms with Crippen molar-refractivity contribution in [2.45, 2.75) is 0 Å². The van der Waals surface area contributed by atoms with Gasteiger partial charge in [0.1, 0.15) is 0 Å². The number of hydrogen-bond acceptors (Lipinski definition) is 3. The Morgan fingerprint density at radius 3 is 2.50 bits per heavy atom. The van der Waals surface area contributed by atoms with Gasteiger partial charge in [-0.2, -0.15) is 0 Å². The van der Waals surface area contributed by atoms with E-state index >= 15 is 0 Å². The molecule has 1 heterocycles. The van der Waals surface area contributed by atoms with E-state index in [4.69, 9.17) is 0 Å². The van der Waals surface area contributed by atoms with Gasteiger partial charge in [-0.3, -0.25) is 9.59 Å². The van der Waals surface area contributed by atoms with Gasteiger partial charge in [0.05, 0.1) is 23.0 Å². The van der Waals surface area contributed by atoms with Gasteiger partial charge in [0, 0.05) is 5.69 Å². The fourth-order valence-electron chi connectivity index (χ4n) is 2.00. The largest absolute Gasteiger partial charge is 0.345 e. The van der Waals surface area contributed by atoms with Gasteiger partial charge in [0.15, 0.2) is 17.5 Å². The van der Waals surface area contributed by atoms with E-state index in [1.165, 1.54) is 12.4 Å². The number of aromatic nitrogens is 2. The minimum atomic E-state index is -1.74. The summed E-state index contributed by atoms with van der Waals surface area (Å²) >= 11 is 0. The summed E-state index contributed by atoms with van der Waals surface area (Å²) in [4.78, 5) is 30.4. The van der Waals surface area contributed by atoms with Crippen LogP contribution in [0.3, 0.4) is 0 Å². The predicted molar refractivity (Wildman–Crippen MR) is 79.7 cm³/mol. The van der Waals surface area contributed by atoms with Gasteiger partial charge in [-0.05, 0) is 30.3 Å². The summed E-state index contributed by atoms with van der Waals surface area (Å²) in [5.74, 6) is -7.06. The molecule has 3 aromatic rings. The van der Waals surface area contributed by atoms with Crippen LogP contribution in [0.1, 0.15) is 0 Å². The van der Waals surface area contributed by atoms with Gasteiger partial charge in [-0.1, -0.05) is 0 Å². The number of H-pyrrole nitrogens is 1. The van der Waals surface area contributed by atoms with Crippen LogP contribution in [0.4, 0.5) is 24.5 Å². The normalized spacial score (nSPS) is 10.6. The van der Waals surface area contributed by atoms with Crippen LogP contribution in [-0.2, 0) is 9.59 Å². The van der Waals surface area contributed by atoms with Crippen molar-refractivity contribution in [1.82, 2.24) is 9.97 Å². The van der Waals surface area contributed by atoms with Crippen molar-refractivity contribution in [1.29, 1.82) is 0 Å². The number of fused-ring (bicyclic) bond motifs is 1. The molecule has 9 heteroatoms.